The maximum atomic E-state index is 4.38. The Labute approximate surface area is 99.2 Å². The molecule has 0 saturated carbocycles. The highest BCUT2D eigenvalue weighted by Gasteiger charge is 2.21. The van der Waals surface area contributed by atoms with Gasteiger partial charge in [0.05, 0.1) is 5.69 Å². The molecule has 0 amide bonds. The van der Waals surface area contributed by atoms with Crippen molar-refractivity contribution in [3.63, 3.8) is 0 Å². The Hall–Kier alpha value is -0.830. The Kier molecular flexibility index (Phi) is 4.54. The number of hydrogen-bond donors (Lipinski definition) is 1. The highest BCUT2D eigenvalue weighted by Crippen LogP contribution is 2.28. The number of rotatable bonds is 5. The first-order chi connectivity index (χ1) is 7.48. The average molecular weight is 223 g/mol. The predicted molar refractivity (Wildman–Crippen MR) is 68.4 cm³/mol. The summed E-state index contributed by atoms with van der Waals surface area (Å²) in [6.07, 6.45) is 4.15. The van der Waals surface area contributed by atoms with Gasteiger partial charge in [0.25, 0.3) is 0 Å². The summed E-state index contributed by atoms with van der Waals surface area (Å²) >= 11 is 0. The van der Waals surface area contributed by atoms with E-state index in [1.165, 1.54) is 5.69 Å². The lowest BCUT2D eigenvalue weighted by atomic mass is 9.87. The second-order valence-corrected chi connectivity index (χ2v) is 5.59. The summed E-state index contributed by atoms with van der Waals surface area (Å²) in [4.78, 5) is 0. The van der Waals surface area contributed by atoms with Crippen molar-refractivity contribution in [1.82, 2.24) is 15.1 Å². The van der Waals surface area contributed by atoms with E-state index >= 15 is 0 Å². The molecular weight excluding hydrogens is 198 g/mol. The van der Waals surface area contributed by atoms with Gasteiger partial charge >= 0.3 is 0 Å². The number of hydrogen-bond acceptors (Lipinski definition) is 2. The summed E-state index contributed by atoms with van der Waals surface area (Å²) in [7, 11) is 2.03. The maximum absolute atomic E-state index is 4.38. The van der Waals surface area contributed by atoms with Crippen molar-refractivity contribution in [3.8, 4) is 0 Å². The Bertz CT molecular complexity index is 309. The number of nitrogens with one attached hydrogen (secondary N) is 1. The summed E-state index contributed by atoms with van der Waals surface area (Å²) in [5.74, 6) is 0. The minimum atomic E-state index is 0.328. The fraction of sp³-hybridized carbons (Fsp3) is 0.769. The van der Waals surface area contributed by atoms with Crippen LogP contribution in [-0.4, -0.2) is 16.8 Å². The van der Waals surface area contributed by atoms with Crippen molar-refractivity contribution in [2.75, 3.05) is 7.05 Å². The molecule has 92 valence electrons. The summed E-state index contributed by atoms with van der Waals surface area (Å²) < 4.78 is 2.12. The van der Waals surface area contributed by atoms with Gasteiger partial charge in [0, 0.05) is 18.8 Å². The van der Waals surface area contributed by atoms with Crippen molar-refractivity contribution in [3.05, 3.63) is 18.0 Å². The van der Waals surface area contributed by atoms with Gasteiger partial charge in [0.1, 0.15) is 0 Å². The molecule has 1 aromatic heterocycles. The highest BCUT2D eigenvalue weighted by atomic mass is 15.3. The van der Waals surface area contributed by atoms with E-state index in [2.05, 4.69) is 48.9 Å². The van der Waals surface area contributed by atoms with Gasteiger partial charge in [-0.2, -0.15) is 5.10 Å². The lowest BCUT2D eigenvalue weighted by Gasteiger charge is -2.26. The molecule has 0 spiro atoms. The van der Waals surface area contributed by atoms with Gasteiger partial charge in [-0.15, -0.1) is 0 Å². The molecule has 0 aliphatic rings. The Morgan fingerprint density at radius 1 is 1.44 bits per heavy atom. The van der Waals surface area contributed by atoms with Gasteiger partial charge in [-0.05, 0) is 31.4 Å². The molecular formula is C13H25N3. The van der Waals surface area contributed by atoms with Crippen molar-refractivity contribution in [2.24, 2.45) is 5.41 Å². The molecule has 1 rings (SSSR count). The third kappa shape index (κ3) is 3.63. The smallest absolute Gasteiger partial charge is 0.0553 e. The molecule has 1 unspecified atom stereocenters. The van der Waals surface area contributed by atoms with Crippen LogP contribution in [0, 0.1) is 5.41 Å². The van der Waals surface area contributed by atoms with E-state index in [9.17, 15) is 0 Å². The van der Waals surface area contributed by atoms with Crippen LogP contribution in [0.5, 0.6) is 0 Å². The van der Waals surface area contributed by atoms with Gasteiger partial charge in [-0.3, -0.25) is 4.68 Å². The van der Waals surface area contributed by atoms with Crippen molar-refractivity contribution in [1.29, 1.82) is 0 Å². The zero-order chi connectivity index (χ0) is 12.2. The molecule has 0 aromatic carbocycles. The van der Waals surface area contributed by atoms with Crippen LogP contribution in [0.2, 0.25) is 0 Å². The predicted octanol–water partition coefficient (Wildman–Crippen LogP) is 2.99. The Balaban J connectivity index is 2.82. The number of aryl methyl sites for hydroxylation is 1. The normalized spacial score (nSPS) is 14.1. The lowest BCUT2D eigenvalue weighted by Crippen LogP contribution is -2.25. The summed E-state index contributed by atoms with van der Waals surface area (Å²) in [6.45, 7) is 10.0. The molecule has 3 nitrogen and oxygen atoms in total. The summed E-state index contributed by atoms with van der Waals surface area (Å²) in [5, 5.41) is 7.78. The molecule has 0 saturated heterocycles. The van der Waals surface area contributed by atoms with E-state index in [1.807, 2.05) is 13.2 Å². The molecule has 1 aromatic rings. The van der Waals surface area contributed by atoms with Crippen LogP contribution in [0.1, 0.15) is 52.3 Å². The molecule has 3 heteroatoms. The maximum Gasteiger partial charge on any atom is 0.0553 e. The lowest BCUT2D eigenvalue weighted by molar-refractivity contribution is 0.310. The average Bonchev–Trinajstić information content (AvgIpc) is 2.61. The first-order valence-corrected chi connectivity index (χ1v) is 6.17. The molecule has 1 heterocycles. The first kappa shape index (κ1) is 13.2. The largest absolute Gasteiger partial charge is 0.312 e. The third-order valence-corrected chi connectivity index (χ3v) is 2.71. The zero-order valence-electron chi connectivity index (χ0n) is 11.2. The molecule has 1 N–H and O–H groups in total. The number of nitrogens with zero attached hydrogens (tertiary/aromatic N) is 2. The van der Waals surface area contributed by atoms with Crippen LogP contribution in [0.3, 0.4) is 0 Å². The fourth-order valence-corrected chi connectivity index (χ4v) is 2.00. The molecule has 0 radical (unpaired) electrons. The molecule has 16 heavy (non-hydrogen) atoms. The standard InChI is InChI=1S/C13H25N3/c1-6-9-16-12(7-8-15-16)11(14-5)10-13(2,3)4/h7-8,11,14H,6,9-10H2,1-5H3. The minimum absolute atomic E-state index is 0.328. The van der Waals surface area contributed by atoms with Crippen molar-refractivity contribution >= 4 is 0 Å². The summed E-state index contributed by atoms with van der Waals surface area (Å²) in [6, 6.07) is 2.52. The third-order valence-electron chi connectivity index (χ3n) is 2.71. The Morgan fingerprint density at radius 3 is 2.62 bits per heavy atom. The van der Waals surface area contributed by atoms with Crippen LogP contribution in [0.4, 0.5) is 0 Å². The van der Waals surface area contributed by atoms with E-state index in [-0.39, 0.29) is 0 Å². The van der Waals surface area contributed by atoms with E-state index in [4.69, 9.17) is 0 Å². The van der Waals surface area contributed by atoms with Crippen LogP contribution in [0.15, 0.2) is 12.3 Å². The SMILES string of the molecule is CCCn1nccc1C(CC(C)(C)C)NC. The monoisotopic (exact) mass is 223 g/mol. The molecule has 0 bridgehead atoms. The second-order valence-electron chi connectivity index (χ2n) is 5.59. The first-order valence-electron chi connectivity index (χ1n) is 6.17. The van der Waals surface area contributed by atoms with E-state index in [0.717, 1.165) is 19.4 Å². The highest BCUT2D eigenvalue weighted by molar-refractivity contribution is 5.07. The van der Waals surface area contributed by atoms with Crippen molar-refractivity contribution < 1.29 is 0 Å². The van der Waals surface area contributed by atoms with E-state index in [0.29, 0.717) is 11.5 Å². The molecule has 0 aliphatic carbocycles. The van der Waals surface area contributed by atoms with Crippen LogP contribution in [-0.2, 0) is 6.54 Å². The van der Waals surface area contributed by atoms with Crippen LogP contribution in [0.25, 0.3) is 0 Å². The van der Waals surface area contributed by atoms with Gasteiger partial charge in [-0.1, -0.05) is 27.7 Å². The number of aromatic nitrogens is 2. The molecule has 1 atom stereocenters. The van der Waals surface area contributed by atoms with Crippen LogP contribution < -0.4 is 5.32 Å². The van der Waals surface area contributed by atoms with Gasteiger partial charge < -0.3 is 5.32 Å². The van der Waals surface area contributed by atoms with E-state index < -0.39 is 0 Å². The Morgan fingerprint density at radius 2 is 2.12 bits per heavy atom. The van der Waals surface area contributed by atoms with Gasteiger partial charge in [0.15, 0.2) is 0 Å². The topological polar surface area (TPSA) is 29.9 Å². The van der Waals surface area contributed by atoms with Gasteiger partial charge in [0.2, 0.25) is 0 Å². The second kappa shape index (κ2) is 5.48. The zero-order valence-corrected chi connectivity index (χ0v) is 11.2. The molecule has 0 fully saturated rings. The fourth-order valence-electron chi connectivity index (χ4n) is 2.00. The van der Waals surface area contributed by atoms with Gasteiger partial charge in [-0.25, -0.2) is 0 Å². The molecule has 0 aliphatic heterocycles. The van der Waals surface area contributed by atoms with E-state index in [1.54, 1.807) is 0 Å². The quantitative estimate of drug-likeness (QED) is 0.831. The minimum Gasteiger partial charge on any atom is -0.312 e. The summed E-state index contributed by atoms with van der Waals surface area (Å²) in [5.41, 5.74) is 1.63. The van der Waals surface area contributed by atoms with Crippen LogP contribution >= 0.6 is 0 Å². The van der Waals surface area contributed by atoms with Crippen molar-refractivity contribution in [2.45, 2.75) is 53.1 Å².